The van der Waals surface area contributed by atoms with Gasteiger partial charge in [0.1, 0.15) is 5.69 Å². The summed E-state index contributed by atoms with van der Waals surface area (Å²) in [6.45, 7) is 3.81. The third-order valence-electron chi connectivity index (χ3n) is 2.56. The molecule has 20 heavy (non-hydrogen) atoms. The van der Waals surface area contributed by atoms with Crippen LogP contribution >= 0.6 is 0 Å². The summed E-state index contributed by atoms with van der Waals surface area (Å²) < 4.78 is 0. The number of nitrogens with zero attached hydrogens (tertiary/aromatic N) is 4. The molecule has 0 aromatic carbocycles. The molecule has 1 aromatic rings. The molecule has 9 nitrogen and oxygen atoms in total. The van der Waals surface area contributed by atoms with E-state index in [-0.39, 0.29) is 35.6 Å². The Morgan fingerprint density at radius 1 is 1.45 bits per heavy atom. The number of hydrogen-bond acceptors (Lipinski definition) is 7. The summed E-state index contributed by atoms with van der Waals surface area (Å²) in [5.74, 6) is 0.149. The molecule has 0 radical (unpaired) electrons. The normalized spacial score (nSPS) is 10.0. The van der Waals surface area contributed by atoms with Gasteiger partial charge in [-0.1, -0.05) is 0 Å². The van der Waals surface area contributed by atoms with Gasteiger partial charge in [-0.15, -0.1) is 0 Å². The predicted octanol–water partition coefficient (Wildman–Crippen LogP) is 0.307. The number of hydrogen-bond donors (Lipinski definition) is 2. The second kappa shape index (κ2) is 6.64. The van der Waals surface area contributed by atoms with Crippen molar-refractivity contribution >= 4 is 23.4 Å². The van der Waals surface area contributed by atoms with Crippen LogP contribution < -0.4 is 15.5 Å². The number of aromatic nitrogens is 2. The van der Waals surface area contributed by atoms with Crippen LogP contribution in [0.2, 0.25) is 0 Å². The first-order valence-electron chi connectivity index (χ1n) is 6.09. The molecule has 0 unspecified atom stereocenters. The van der Waals surface area contributed by atoms with Crippen molar-refractivity contribution in [3.05, 3.63) is 15.8 Å². The topological polar surface area (TPSA) is 113 Å². The third kappa shape index (κ3) is 3.53. The molecule has 0 atom stereocenters. The Bertz CT molecular complexity index is 519. The Hall–Kier alpha value is -2.45. The van der Waals surface area contributed by atoms with Gasteiger partial charge in [0.25, 0.3) is 0 Å². The third-order valence-corrected chi connectivity index (χ3v) is 2.56. The molecule has 0 aliphatic carbocycles. The number of carbonyl (C=O) groups excluding carboxylic acids is 1. The van der Waals surface area contributed by atoms with Crippen LogP contribution in [-0.2, 0) is 4.79 Å². The summed E-state index contributed by atoms with van der Waals surface area (Å²) in [5.41, 5.74) is 0.0444. The number of rotatable bonds is 6. The van der Waals surface area contributed by atoms with Gasteiger partial charge in [0, 0.05) is 20.6 Å². The van der Waals surface area contributed by atoms with E-state index >= 15 is 0 Å². The van der Waals surface area contributed by atoms with Gasteiger partial charge in [0.15, 0.2) is 0 Å². The zero-order chi connectivity index (χ0) is 15.3. The van der Waals surface area contributed by atoms with Gasteiger partial charge in [-0.3, -0.25) is 14.9 Å². The highest BCUT2D eigenvalue weighted by atomic mass is 16.6. The minimum absolute atomic E-state index is 0.0196. The molecule has 0 aliphatic rings. The van der Waals surface area contributed by atoms with E-state index in [0.717, 1.165) is 0 Å². The zero-order valence-electron chi connectivity index (χ0n) is 11.9. The van der Waals surface area contributed by atoms with E-state index in [4.69, 9.17) is 0 Å². The molecular formula is C11H18N6O3. The Labute approximate surface area is 116 Å². The Balaban J connectivity index is 3.16. The molecule has 0 saturated carbocycles. The molecule has 1 amide bonds. The van der Waals surface area contributed by atoms with Crippen molar-refractivity contribution in [3.63, 3.8) is 0 Å². The second-order valence-corrected chi connectivity index (χ2v) is 4.12. The van der Waals surface area contributed by atoms with Crippen LogP contribution in [0.15, 0.2) is 0 Å². The first-order valence-corrected chi connectivity index (χ1v) is 6.09. The standard InChI is InChI=1S/C11H18N6O3/c1-5-13-8(18)6-16(4)10-9(17(19)20)7(2)14-11(12-3)15-10/h5-6H2,1-4H3,(H,13,18)(H,12,14,15). The Kier molecular flexibility index (Phi) is 5.18. The van der Waals surface area contributed by atoms with E-state index < -0.39 is 4.92 Å². The zero-order valence-corrected chi connectivity index (χ0v) is 11.9. The molecule has 0 saturated heterocycles. The number of nitrogens with one attached hydrogen (secondary N) is 2. The van der Waals surface area contributed by atoms with Crippen LogP contribution in [0.5, 0.6) is 0 Å². The van der Waals surface area contributed by atoms with Crippen LogP contribution in [0.4, 0.5) is 17.5 Å². The average Bonchev–Trinajstić information content (AvgIpc) is 2.37. The van der Waals surface area contributed by atoms with Crippen LogP contribution in [0.3, 0.4) is 0 Å². The maximum Gasteiger partial charge on any atom is 0.332 e. The van der Waals surface area contributed by atoms with E-state index in [0.29, 0.717) is 6.54 Å². The van der Waals surface area contributed by atoms with Crippen molar-refractivity contribution in [3.8, 4) is 0 Å². The maximum absolute atomic E-state index is 11.6. The lowest BCUT2D eigenvalue weighted by Gasteiger charge is -2.18. The molecular weight excluding hydrogens is 264 g/mol. The molecule has 1 heterocycles. The van der Waals surface area contributed by atoms with Crippen molar-refractivity contribution < 1.29 is 9.72 Å². The minimum atomic E-state index is -0.543. The van der Waals surface area contributed by atoms with Crippen LogP contribution in [0.25, 0.3) is 0 Å². The van der Waals surface area contributed by atoms with Crippen molar-refractivity contribution in [1.29, 1.82) is 0 Å². The lowest BCUT2D eigenvalue weighted by Crippen LogP contribution is -2.35. The number of likely N-dealkylation sites (N-methyl/N-ethyl adjacent to an activating group) is 2. The second-order valence-electron chi connectivity index (χ2n) is 4.12. The van der Waals surface area contributed by atoms with Gasteiger partial charge >= 0.3 is 5.69 Å². The highest BCUT2D eigenvalue weighted by Crippen LogP contribution is 2.28. The van der Waals surface area contributed by atoms with E-state index in [1.165, 1.54) is 11.8 Å². The number of amides is 1. The Morgan fingerprint density at radius 2 is 2.10 bits per heavy atom. The van der Waals surface area contributed by atoms with Gasteiger partial charge in [-0.2, -0.15) is 4.98 Å². The minimum Gasteiger partial charge on any atom is -0.357 e. The first-order chi connectivity index (χ1) is 9.40. The van der Waals surface area contributed by atoms with Crippen molar-refractivity contribution in [2.45, 2.75) is 13.8 Å². The fraction of sp³-hybridized carbons (Fsp3) is 0.545. The van der Waals surface area contributed by atoms with Crippen molar-refractivity contribution in [1.82, 2.24) is 15.3 Å². The van der Waals surface area contributed by atoms with Gasteiger partial charge in [0.2, 0.25) is 17.7 Å². The smallest absolute Gasteiger partial charge is 0.332 e. The predicted molar refractivity (Wildman–Crippen MR) is 74.9 cm³/mol. The average molecular weight is 282 g/mol. The van der Waals surface area contributed by atoms with Crippen LogP contribution in [0, 0.1) is 17.0 Å². The quantitative estimate of drug-likeness (QED) is 0.570. The molecule has 1 aromatic heterocycles. The van der Waals surface area contributed by atoms with Gasteiger partial charge < -0.3 is 15.5 Å². The van der Waals surface area contributed by atoms with Crippen molar-refractivity contribution in [2.24, 2.45) is 0 Å². The highest BCUT2D eigenvalue weighted by molar-refractivity contribution is 5.81. The molecule has 0 fully saturated rings. The van der Waals surface area contributed by atoms with Crippen LogP contribution in [0.1, 0.15) is 12.6 Å². The first kappa shape index (κ1) is 15.6. The lowest BCUT2D eigenvalue weighted by molar-refractivity contribution is -0.385. The SMILES string of the molecule is CCNC(=O)CN(C)c1nc(NC)nc(C)c1[N+](=O)[O-]. The van der Waals surface area contributed by atoms with Gasteiger partial charge in [0.05, 0.1) is 11.5 Å². The summed E-state index contributed by atoms with van der Waals surface area (Å²) >= 11 is 0. The van der Waals surface area contributed by atoms with E-state index in [2.05, 4.69) is 20.6 Å². The molecule has 1 rings (SSSR count). The summed E-state index contributed by atoms with van der Waals surface area (Å²) in [4.78, 5) is 31.6. The summed E-state index contributed by atoms with van der Waals surface area (Å²) in [6.07, 6.45) is 0. The number of anilines is 2. The molecule has 110 valence electrons. The summed E-state index contributed by atoms with van der Waals surface area (Å²) in [6, 6.07) is 0. The number of nitro groups is 1. The number of aryl methyl sites for hydroxylation is 1. The van der Waals surface area contributed by atoms with Crippen LogP contribution in [-0.4, -0.2) is 48.0 Å². The van der Waals surface area contributed by atoms with Gasteiger partial charge in [-0.25, -0.2) is 4.98 Å². The fourth-order valence-electron chi connectivity index (χ4n) is 1.69. The molecule has 9 heteroatoms. The van der Waals surface area contributed by atoms with E-state index in [9.17, 15) is 14.9 Å². The largest absolute Gasteiger partial charge is 0.357 e. The highest BCUT2D eigenvalue weighted by Gasteiger charge is 2.25. The van der Waals surface area contributed by atoms with E-state index in [1.807, 2.05) is 0 Å². The fourth-order valence-corrected chi connectivity index (χ4v) is 1.69. The van der Waals surface area contributed by atoms with E-state index in [1.54, 1.807) is 21.0 Å². The number of carbonyl (C=O) groups is 1. The monoisotopic (exact) mass is 282 g/mol. The molecule has 0 spiro atoms. The summed E-state index contributed by atoms with van der Waals surface area (Å²) in [5, 5.41) is 16.5. The maximum atomic E-state index is 11.6. The molecule has 0 bridgehead atoms. The summed E-state index contributed by atoms with van der Waals surface area (Å²) in [7, 11) is 3.19. The lowest BCUT2D eigenvalue weighted by atomic mass is 10.3. The van der Waals surface area contributed by atoms with Gasteiger partial charge in [-0.05, 0) is 13.8 Å². The molecule has 0 aliphatic heterocycles. The molecule has 2 N–H and O–H groups in total. The van der Waals surface area contributed by atoms with Crippen molar-refractivity contribution in [2.75, 3.05) is 37.4 Å². The Morgan fingerprint density at radius 3 is 2.60 bits per heavy atom.